The lowest BCUT2D eigenvalue weighted by Gasteiger charge is -2.39. The molecule has 45 heavy (non-hydrogen) atoms. The van der Waals surface area contributed by atoms with Gasteiger partial charge in [-0.2, -0.15) is 8.42 Å². The molecule has 1 heterocycles. The number of aliphatic hydroxyl groups is 1. The van der Waals surface area contributed by atoms with Crippen molar-refractivity contribution >= 4 is 34.1 Å². The van der Waals surface area contributed by atoms with E-state index in [2.05, 4.69) is 15.6 Å². The number of fused-ring (bicyclic) bond motifs is 1. The number of hydrogen-bond donors (Lipinski definition) is 7. The van der Waals surface area contributed by atoms with Gasteiger partial charge in [-0.25, -0.2) is 4.18 Å². The van der Waals surface area contributed by atoms with Crippen LogP contribution in [0.1, 0.15) is 64.4 Å². The second-order valence-electron chi connectivity index (χ2n) is 11.8. The van der Waals surface area contributed by atoms with Crippen molar-refractivity contribution in [2.45, 2.75) is 95.5 Å². The molecule has 2 aliphatic rings. The monoisotopic (exact) mass is 654 g/mol. The number of carbonyl (C=O) groups excluding carboxylic acids is 3. The second kappa shape index (κ2) is 16.2. The molecule has 3 rings (SSSR count). The molecule has 252 valence electrons. The first kappa shape index (κ1) is 36.0. The van der Waals surface area contributed by atoms with Crippen LogP contribution in [0, 0.1) is 11.8 Å². The summed E-state index contributed by atoms with van der Waals surface area (Å²) in [5, 5.41) is 25.7. The average Bonchev–Trinajstić information content (AvgIpc) is 3.35. The number of aliphatic hydroxyl groups excluding tert-OH is 1. The normalized spacial score (nSPS) is 23.3. The standard InChI is InChI=1S/C29H46N6O9S/c1-3-17(2)25(34-27(39)24(37)14-18-6-9-20(36)10-7-18)28(40)35-22-16-21(44-45(41,42)43)11-8-19(22)15-23(35)26(38)32-12-4-5-13-33-29(30)31/h6-7,9-10,17,19,21-25,36-37H,3-5,8,11-16H2,1-2H3,(H,32,38)(H,34,39)(H4,30,31,33)(H,41,42,43)/t17?,19-,21+,22-,23-,24+,25+/m0/s1. The highest BCUT2D eigenvalue weighted by molar-refractivity contribution is 7.80. The van der Waals surface area contributed by atoms with E-state index in [1.165, 1.54) is 17.0 Å². The van der Waals surface area contributed by atoms with E-state index in [0.717, 1.165) is 0 Å². The maximum Gasteiger partial charge on any atom is 0.397 e. The molecule has 0 bridgehead atoms. The number of nitrogens with two attached hydrogens (primary N) is 2. The van der Waals surface area contributed by atoms with Crippen LogP contribution in [0.15, 0.2) is 29.3 Å². The molecule has 1 aromatic rings. The number of amides is 3. The molecular formula is C29H46N6O9S. The summed E-state index contributed by atoms with van der Waals surface area (Å²) < 4.78 is 37.1. The Balaban J connectivity index is 1.81. The third-order valence-electron chi connectivity index (χ3n) is 8.57. The number of likely N-dealkylation sites (tertiary alicyclic amines) is 1. The van der Waals surface area contributed by atoms with Gasteiger partial charge in [-0.15, -0.1) is 0 Å². The van der Waals surface area contributed by atoms with Gasteiger partial charge in [0, 0.05) is 25.6 Å². The zero-order valence-corrected chi connectivity index (χ0v) is 26.5. The molecule has 0 radical (unpaired) electrons. The van der Waals surface area contributed by atoms with Gasteiger partial charge in [-0.3, -0.25) is 23.9 Å². The first-order chi connectivity index (χ1) is 21.2. The molecule has 2 fully saturated rings. The fraction of sp³-hybridized carbons (Fsp3) is 0.655. The predicted octanol–water partition coefficient (Wildman–Crippen LogP) is -0.0461. The summed E-state index contributed by atoms with van der Waals surface area (Å²) in [7, 11) is -4.74. The first-order valence-corrected chi connectivity index (χ1v) is 16.6. The van der Waals surface area contributed by atoms with Crippen molar-refractivity contribution in [3.63, 3.8) is 0 Å². The zero-order chi connectivity index (χ0) is 33.3. The van der Waals surface area contributed by atoms with Gasteiger partial charge in [0.1, 0.15) is 23.9 Å². The van der Waals surface area contributed by atoms with Gasteiger partial charge in [0.2, 0.25) is 17.7 Å². The molecule has 0 spiro atoms. The number of carbonyl (C=O) groups is 3. The topological polar surface area (TPSA) is 247 Å². The van der Waals surface area contributed by atoms with E-state index in [-0.39, 0.29) is 42.3 Å². The van der Waals surface area contributed by atoms with Gasteiger partial charge in [0.05, 0.1) is 6.10 Å². The number of unbranched alkanes of at least 4 members (excludes halogenated alkanes) is 1. The van der Waals surface area contributed by atoms with Crippen LogP contribution in [0.5, 0.6) is 5.75 Å². The molecule has 0 aromatic heterocycles. The van der Waals surface area contributed by atoms with Gasteiger partial charge in [0.25, 0.3) is 0 Å². The number of nitrogens with one attached hydrogen (secondary N) is 2. The number of hydrogen-bond acceptors (Lipinski definition) is 9. The van der Waals surface area contributed by atoms with Crippen molar-refractivity contribution in [3.05, 3.63) is 29.8 Å². The van der Waals surface area contributed by atoms with Crippen molar-refractivity contribution in [1.82, 2.24) is 15.5 Å². The van der Waals surface area contributed by atoms with E-state index in [4.69, 9.17) is 15.7 Å². The van der Waals surface area contributed by atoms with E-state index >= 15 is 0 Å². The Morgan fingerprint density at radius 3 is 2.44 bits per heavy atom. The lowest BCUT2D eigenvalue weighted by atomic mass is 9.83. The summed E-state index contributed by atoms with van der Waals surface area (Å²) in [5.41, 5.74) is 11.3. The van der Waals surface area contributed by atoms with Gasteiger partial charge in [-0.05, 0) is 68.1 Å². The van der Waals surface area contributed by atoms with Crippen LogP contribution in [0.4, 0.5) is 0 Å². The quantitative estimate of drug-likeness (QED) is 0.0572. The first-order valence-electron chi connectivity index (χ1n) is 15.3. The Kier molecular flexibility index (Phi) is 13.0. The number of benzene rings is 1. The molecule has 1 aliphatic carbocycles. The smallest absolute Gasteiger partial charge is 0.397 e. The summed E-state index contributed by atoms with van der Waals surface area (Å²) in [5.74, 6) is -2.17. The molecule has 9 N–H and O–H groups in total. The van der Waals surface area contributed by atoms with Crippen LogP contribution >= 0.6 is 0 Å². The van der Waals surface area contributed by atoms with E-state index in [1.807, 2.05) is 6.92 Å². The number of aliphatic imine (C=N–C) groups is 1. The molecule has 16 heteroatoms. The molecule has 1 saturated heterocycles. The van der Waals surface area contributed by atoms with Crippen LogP contribution in [0.2, 0.25) is 0 Å². The van der Waals surface area contributed by atoms with Crippen molar-refractivity contribution in [1.29, 1.82) is 0 Å². The molecule has 7 atom stereocenters. The SMILES string of the molecule is CCC(C)[C@@H](NC(=O)[C@H](O)Cc1ccc(O)cc1)C(=O)N1[C@H](C(=O)NCCCCN=C(N)N)C[C@@H]2CC[C@@H](OS(=O)(=O)O)C[C@@H]21. The summed E-state index contributed by atoms with van der Waals surface area (Å²) in [6.07, 6.45) is 0.462. The Labute approximate surface area is 263 Å². The fourth-order valence-corrected chi connectivity index (χ4v) is 6.56. The van der Waals surface area contributed by atoms with Gasteiger partial charge >= 0.3 is 10.4 Å². The van der Waals surface area contributed by atoms with Crippen LogP contribution in [0.3, 0.4) is 0 Å². The third-order valence-corrected chi connectivity index (χ3v) is 9.08. The third kappa shape index (κ3) is 10.5. The lowest BCUT2D eigenvalue weighted by molar-refractivity contribution is -0.146. The van der Waals surface area contributed by atoms with Gasteiger partial charge < -0.3 is 37.2 Å². The maximum atomic E-state index is 14.3. The molecule has 15 nitrogen and oxygen atoms in total. The minimum absolute atomic E-state index is 0.0196. The Morgan fingerprint density at radius 2 is 1.82 bits per heavy atom. The number of guanidine groups is 1. The fourth-order valence-electron chi connectivity index (χ4n) is 6.04. The molecule has 3 amide bonds. The van der Waals surface area contributed by atoms with Gasteiger partial charge in [0.15, 0.2) is 5.96 Å². The van der Waals surface area contributed by atoms with Crippen LogP contribution in [0.25, 0.3) is 0 Å². The largest absolute Gasteiger partial charge is 0.508 e. The number of phenolic OH excluding ortho intramolecular Hbond substituents is 1. The number of nitrogens with zero attached hydrogens (tertiary/aromatic N) is 2. The van der Waals surface area contributed by atoms with Crippen molar-refractivity contribution in [3.8, 4) is 5.75 Å². The molecule has 1 aromatic carbocycles. The van der Waals surface area contributed by atoms with E-state index in [1.54, 1.807) is 19.1 Å². The number of phenols is 1. The second-order valence-corrected chi connectivity index (χ2v) is 12.9. The summed E-state index contributed by atoms with van der Waals surface area (Å²) >= 11 is 0. The number of aromatic hydroxyl groups is 1. The molecule has 1 aliphatic heterocycles. The Bertz CT molecular complexity index is 1310. The van der Waals surface area contributed by atoms with Crippen molar-refractivity contribution in [2.75, 3.05) is 13.1 Å². The molecule has 1 unspecified atom stereocenters. The van der Waals surface area contributed by atoms with Crippen LogP contribution < -0.4 is 22.1 Å². The van der Waals surface area contributed by atoms with Crippen LogP contribution in [-0.4, -0.2) is 95.2 Å². The van der Waals surface area contributed by atoms with Crippen molar-refractivity contribution < 1.29 is 41.8 Å². The highest BCUT2D eigenvalue weighted by Crippen LogP contribution is 2.41. The van der Waals surface area contributed by atoms with Crippen LogP contribution in [-0.2, 0) is 35.4 Å². The predicted molar refractivity (Wildman–Crippen MR) is 165 cm³/mol. The Hall–Kier alpha value is -3.47. The number of rotatable bonds is 15. The Morgan fingerprint density at radius 1 is 1.13 bits per heavy atom. The highest BCUT2D eigenvalue weighted by Gasteiger charge is 2.51. The average molecular weight is 655 g/mol. The minimum Gasteiger partial charge on any atom is -0.508 e. The summed E-state index contributed by atoms with van der Waals surface area (Å²) in [6, 6.07) is 3.47. The summed E-state index contributed by atoms with van der Waals surface area (Å²) in [4.78, 5) is 46.3. The molecule has 1 saturated carbocycles. The lowest BCUT2D eigenvalue weighted by Crippen LogP contribution is -2.59. The van der Waals surface area contributed by atoms with Gasteiger partial charge in [-0.1, -0.05) is 32.4 Å². The maximum absolute atomic E-state index is 14.3. The van der Waals surface area contributed by atoms with E-state index in [0.29, 0.717) is 57.2 Å². The minimum atomic E-state index is -4.74. The zero-order valence-electron chi connectivity index (χ0n) is 25.7. The molecular weight excluding hydrogens is 608 g/mol. The van der Waals surface area contributed by atoms with E-state index in [9.17, 15) is 37.6 Å². The van der Waals surface area contributed by atoms with Crippen molar-refractivity contribution in [2.24, 2.45) is 28.3 Å². The van der Waals surface area contributed by atoms with E-state index < -0.39 is 52.5 Å². The summed E-state index contributed by atoms with van der Waals surface area (Å²) in [6.45, 7) is 4.34. The highest BCUT2D eigenvalue weighted by atomic mass is 32.3.